The number of carbonyl (C=O) groups is 1. The summed E-state index contributed by atoms with van der Waals surface area (Å²) in [7, 11) is 1.61. The van der Waals surface area contributed by atoms with Crippen molar-refractivity contribution in [2.45, 2.75) is 38.5 Å². The van der Waals surface area contributed by atoms with Gasteiger partial charge < -0.3 is 26.0 Å². The van der Waals surface area contributed by atoms with Crippen molar-refractivity contribution in [3.05, 3.63) is 35.5 Å². The Labute approximate surface area is 158 Å². The molecule has 0 spiro atoms. The van der Waals surface area contributed by atoms with Crippen molar-refractivity contribution < 1.29 is 19.4 Å². The second-order valence-corrected chi connectivity index (χ2v) is 6.20. The predicted octanol–water partition coefficient (Wildman–Crippen LogP) is 2.65. The molecule has 1 heterocycles. The van der Waals surface area contributed by atoms with E-state index in [0.29, 0.717) is 25.3 Å². The zero-order valence-electron chi connectivity index (χ0n) is 15.5. The number of carboxylic acids is 1. The van der Waals surface area contributed by atoms with Crippen LogP contribution in [0.2, 0.25) is 0 Å². The van der Waals surface area contributed by atoms with Gasteiger partial charge in [0.05, 0.1) is 13.7 Å². The molecule has 5 N–H and O–H groups in total. The Kier molecular flexibility index (Phi) is 7.66. The smallest absolute Gasteiger partial charge is 0.303 e. The van der Waals surface area contributed by atoms with Gasteiger partial charge in [0.1, 0.15) is 17.3 Å². The van der Waals surface area contributed by atoms with Crippen molar-refractivity contribution in [1.29, 1.82) is 0 Å². The molecule has 0 bridgehead atoms. The fourth-order valence-electron chi connectivity index (χ4n) is 2.68. The molecule has 0 saturated heterocycles. The fourth-order valence-corrected chi connectivity index (χ4v) is 2.68. The molecule has 0 radical (unpaired) electrons. The van der Waals surface area contributed by atoms with Crippen LogP contribution < -0.4 is 20.9 Å². The molecular formula is C19H26N4O4. The lowest BCUT2D eigenvalue weighted by Gasteiger charge is -2.13. The van der Waals surface area contributed by atoms with Gasteiger partial charge in [0.25, 0.3) is 0 Å². The summed E-state index contributed by atoms with van der Waals surface area (Å²) in [5.41, 5.74) is 13.1. The van der Waals surface area contributed by atoms with E-state index in [1.807, 2.05) is 18.2 Å². The Balaban J connectivity index is 1.91. The second-order valence-electron chi connectivity index (χ2n) is 6.20. The van der Waals surface area contributed by atoms with Gasteiger partial charge in [-0.05, 0) is 31.0 Å². The summed E-state index contributed by atoms with van der Waals surface area (Å²) >= 11 is 0. The standard InChI is InChI=1S/C19H26N4O4/c1-26-16-8-7-15(27-9-5-3-2-4-6-17(24)25)11-13(16)10-14-12-22-19(21)23-18(14)20/h7-8,11-12H,2-6,9-10H2,1H3,(H,24,25)(H4,20,21,22,23). The Morgan fingerprint density at radius 2 is 1.93 bits per heavy atom. The number of nitrogens with two attached hydrogens (primary N) is 2. The third-order valence-electron chi connectivity index (χ3n) is 4.10. The quantitative estimate of drug-likeness (QED) is 0.511. The fraction of sp³-hybridized carbons (Fsp3) is 0.421. The Morgan fingerprint density at radius 1 is 1.15 bits per heavy atom. The van der Waals surface area contributed by atoms with Crippen LogP contribution in [0.25, 0.3) is 0 Å². The molecule has 0 unspecified atom stereocenters. The summed E-state index contributed by atoms with van der Waals surface area (Å²) in [4.78, 5) is 18.4. The number of aliphatic carboxylic acids is 1. The van der Waals surface area contributed by atoms with Crippen molar-refractivity contribution in [2.75, 3.05) is 25.2 Å². The van der Waals surface area contributed by atoms with Gasteiger partial charge in [-0.3, -0.25) is 4.79 Å². The van der Waals surface area contributed by atoms with Crippen LogP contribution in [0.15, 0.2) is 24.4 Å². The van der Waals surface area contributed by atoms with Crippen LogP contribution in [0, 0.1) is 0 Å². The van der Waals surface area contributed by atoms with Gasteiger partial charge in [0.2, 0.25) is 5.95 Å². The summed E-state index contributed by atoms with van der Waals surface area (Å²) in [6.45, 7) is 0.575. The van der Waals surface area contributed by atoms with Crippen molar-refractivity contribution >= 4 is 17.7 Å². The highest BCUT2D eigenvalue weighted by atomic mass is 16.5. The van der Waals surface area contributed by atoms with E-state index in [1.165, 1.54) is 0 Å². The average molecular weight is 374 g/mol. The minimum Gasteiger partial charge on any atom is -0.496 e. The molecule has 146 valence electrons. The Bertz CT molecular complexity index is 767. The van der Waals surface area contributed by atoms with Gasteiger partial charge >= 0.3 is 5.97 Å². The normalized spacial score (nSPS) is 10.6. The summed E-state index contributed by atoms with van der Waals surface area (Å²) in [6.07, 6.45) is 5.74. The van der Waals surface area contributed by atoms with Crippen LogP contribution in [0.5, 0.6) is 11.5 Å². The first-order chi connectivity index (χ1) is 13.0. The number of nitrogen functional groups attached to an aromatic ring is 2. The zero-order valence-corrected chi connectivity index (χ0v) is 15.5. The molecular weight excluding hydrogens is 348 g/mol. The monoisotopic (exact) mass is 374 g/mol. The van der Waals surface area contributed by atoms with Crippen molar-refractivity contribution in [3.63, 3.8) is 0 Å². The molecule has 1 aromatic heterocycles. The number of ether oxygens (including phenoxy) is 2. The molecule has 2 rings (SSSR count). The van der Waals surface area contributed by atoms with E-state index in [9.17, 15) is 4.79 Å². The van der Waals surface area contributed by atoms with E-state index in [2.05, 4.69) is 9.97 Å². The molecule has 0 fully saturated rings. The maximum absolute atomic E-state index is 10.5. The van der Waals surface area contributed by atoms with Crippen LogP contribution in [-0.2, 0) is 11.2 Å². The van der Waals surface area contributed by atoms with Crippen molar-refractivity contribution in [1.82, 2.24) is 9.97 Å². The Morgan fingerprint density at radius 3 is 2.63 bits per heavy atom. The van der Waals surface area contributed by atoms with Gasteiger partial charge in [-0.2, -0.15) is 4.98 Å². The van der Waals surface area contributed by atoms with E-state index < -0.39 is 5.97 Å². The lowest BCUT2D eigenvalue weighted by Crippen LogP contribution is -2.05. The minimum absolute atomic E-state index is 0.142. The predicted molar refractivity (Wildman–Crippen MR) is 103 cm³/mol. The molecule has 0 aliphatic heterocycles. The van der Waals surface area contributed by atoms with Crippen LogP contribution in [0.1, 0.15) is 43.2 Å². The first-order valence-corrected chi connectivity index (χ1v) is 8.88. The molecule has 2 aromatic rings. The molecule has 27 heavy (non-hydrogen) atoms. The number of anilines is 2. The second kappa shape index (κ2) is 10.2. The van der Waals surface area contributed by atoms with Gasteiger partial charge in [-0.1, -0.05) is 12.8 Å². The van der Waals surface area contributed by atoms with E-state index in [4.69, 9.17) is 26.0 Å². The lowest BCUT2D eigenvalue weighted by molar-refractivity contribution is -0.137. The minimum atomic E-state index is -0.746. The average Bonchev–Trinajstić information content (AvgIpc) is 2.63. The highest BCUT2D eigenvalue weighted by Crippen LogP contribution is 2.27. The van der Waals surface area contributed by atoms with Crippen molar-refractivity contribution in [3.8, 4) is 11.5 Å². The van der Waals surface area contributed by atoms with Gasteiger partial charge in [0, 0.05) is 30.2 Å². The van der Waals surface area contributed by atoms with E-state index in [1.54, 1.807) is 13.3 Å². The van der Waals surface area contributed by atoms with Crippen molar-refractivity contribution in [2.24, 2.45) is 0 Å². The maximum Gasteiger partial charge on any atom is 0.303 e. The highest BCUT2D eigenvalue weighted by molar-refractivity contribution is 5.66. The number of nitrogens with zero attached hydrogens (tertiary/aromatic N) is 2. The molecule has 1 aromatic carbocycles. The lowest BCUT2D eigenvalue weighted by atomic mass is 10.1. The van der Waals surface area contributed by atoms with Crippen LogP contribution in [0.4, 0.5) is 11.8 Å². The number of aromatic nitrogens is 2. The largest absolute Gasteiger partial charge is 0.496 e. The summed E-state index contributed by atoms with van der Waals surface area (Å²) in [6, 6.07) is 5.63. The molecule has 0 aliphatic rings. The number of methoxy groups -OCH3 is 1. The van der Waals surface area contributed by atoms with E-state index >= 15 is 0 Å². The number of unbranched alkanes of at least 4 members (excludes halogenated alkanes) is 3. The topological polar surface area (TPSA) is 134 Å². The Hall–Kier alpha value is -3.03. The third kappa shape index (κ3) is 6.65. The summed E-state index contributed by atoms with van der Waals surface area (Å²) in [5, 5.41) is 8.61. The molecule has 0 atom stereocenters. The number of hydrogen-bond donors (Lipinski definition) is 3. The first kappa shape index (κ1) is 20.3. The SMILES string of the molecule is COc1ccc(OCCCCCCC(=O)O)cc1Cc1cnc(N)nc1N. The van der Waals surface area contributed by atoms with Crippen LogP contribution in [0.3, 0.4) is 0 Å². The van der Waals surface area contributed by atoms with Gasteiger partial charge in [0.15, 0.2) is 0 Å². The number of rotatable bonds is 11. The maximum atomic E-state index is 10.5. The molecule has 8 heteroatoms. The molecule has 0 saturated carbocycles. The third-order valence-corrected chi connectivity index (χ3v) is 4.10. The van der Waals surface area contributed by atoms with Gasteiger partial charge in [-0.25, -0.2) is 4.98 Å². The number of carboxylic acid groups (broad SMARTS) is 1. The summed E-state index contributed by atoms with van der Waals surface area (Å²) in [5.74, 6) is 1.21. The zero-order chi connectivity index (χ0) is 19.6. The molecule has 0 amide bonds. The van der Waals surface area contributed by atoms with Crippen LogP contribution >= 0.6 is 0 Å². The first-order valence-electron chi connectivity index (χ1n) is 8.88. The molecule has 0 aliphatic carbocycles. The summed E-state index contributed by atoms with van der Waals surface area (Å²) < 4.78 is 11.2. The van der Waals surface area contributed by atoms with Gasteiger partial charge in [-0.15, -0.1) is 0 Å². The van der Waals surface area contributed by atoms with Crippen LogP contribution in [-0.4, -0.2) is 34.8 Å². The molecule has 8 nitrogen and oxygen atoms in total. The van der Waals surface area contributed by atoms with E-state index in [0.717, 1.165) is 41.9 Å². The van der Waals surface area contributed by atoms with E-state index in [-0.39, 0.29) is 12.4 Å². The highest BCUT2D eigenvalue weighted by Gasteiger charge is 2.10. The number of benzene rings is 1. The number of hydrogen-bond acceptors (Lipinski definition) is 7.